The van der Waals surface area contributed by atoms with Crippen LogP contribution in [-0.4, -0.2) is 34.1 Å². The monoisotopic (exact) mass is 334 g/mol. The molecule has 0 aromatic heterocycles. The van der Waals surface area contributed by atoms with Crippen LogP contribution >= 0.6 is 0 Å². The van der Waals surface area contributed by atoms with E-state index in [-0.39, 0.29) is 6.42 Å². The summed E-state index contributed by atoms with van der Waals surface area (Å²) in [6, 6.07) is 8.12. The van der Waals surface area contributed by atoms with Crippen LogP contribution in [-0.2, 0) is 20.8 Å². The molecule has 0 heterocycles. The third kappa shape index (κ3) is 4.55. The third-order valence-corrected chi connectivity index (χ3v) is 4.45. The Morgan fingerprint density at radius 3 is 2.29 bits per heavy atom. The van der Waals surface area contributed by atoms with Crippen LogP contribution in [0.4, 0.5) is 0 Å². The number of carbonyl (C=O) groups is 3. The van der Waals surface area contributed by atoms with Gasteiger partial charge >= 0.3 is 5.97 Å². The Kier molecular flexibility index (Phi) is 6.31. The van der Waals surface area contributed by atoms with Crippen LogP contribution < -0.4 is 10.8 Å². The summed E-state index contributed by atoms with van der Waals surface area (Å²) in [6.07, 6.45) is 2.73. The van der Waals surface area contributed by atoms with Crippen molar-refractivity contribution in [1.29, 1.82) is 0 Å². The summed E-state index contributed by atoms with van der Waals surface area (Å²) in [5.41, 5.74) is 2.38. The van der Waals surface area contributed by atoms with E-state index >= 15 is 0 Å². The molecule has 0 radical (unpaired) electrons. The second-order valence-electron chi connectivity index (χ2n) is 6.06. The van der Waals surface area contributed by atoms with E-state index in [4.69, 9.17) is 5.21 Å². The van der Waals surface area contributed by atoms with Crippen molar-refractivity contribution in [1.82, 2.24) is 10.8 Å². The lowest BCUT2D eigenvalue weighted by atomic mass is 9.78. The molecule has 3 atom stereocenters. The minimum atomic E-state index is -0.985. The van der Waals surface area contributed by atoms with E-state index in [2.05, 4.69) is 5.32 Å². The van der Waals surface area contributed by atoms with Gasteiger partial charge < -0.3 is 10.4 Å². The molecule has 1 aromatic carbocycles. The Balaban J connectivity index is 2.08. The van der Waals surface area contributed by atoms with Crippen LogP contribution in [0.25, 0.3) is 0 Å². The highest BCUT2D eigenvalue weighted by Crippen LogP contribution is 2.30. The number of hydroxylamine groups is 1. The van der Waals surface area contributed by atoms with Crippen LogP contribution in [0.5, 0.6) is 0 Å². The Bertz CT molecular complexity index is 590. The van der Waals surface area contributed by atoms with E-state index in [1.54, 1.807) is 5.48 Å². The predicted molar refractivity (Wildman–Crippen MR) is 85.1 cm³/mol. The topological polar surface area (TPSA) is 116 Å². The van der Waals surface area contributed by atoms with Gasteiger partial charge in [0.05, 0.1) is 11.8 Å². The molecule has 7 heteroatoms. The molecule has 1 aromatic rings. The first kappa shape index (κ1) is 17.9. The van der Waals surface area contributed by atoms with E-state index in [1.807, 2.05) is 30.3 Å². The number of aliphatic carboxylic acids is 1. The van der Waals surface area contributed by atoms with Gasteiger partial charge in [0.15, 0.2) is 0 Å². The average Bonchev–Trinajstić information content (AvgIpc) is 2.61. The Hall–Kier alpha value is -2.41. The first-order valence-electron chi connectivity index (χ1n) is 8.04. The zero-order valence-corrected chi connectivity index (χ0v) is 13.3. The number of carbonyl (C=O) groups excluding carboxylic acids is 2. The molecule has 0 saturated heterocycles. The normalized spacial score (nSPS) is 21.5. The lowest BCUT2D eigenvalue weighted by Gasteiger charge is -2.29. The number of hydrogen-bond donors (Lipinski definition) is 4. The molecule has 0 spiro atoms. The minimum Gasteiger partial charge on any atom is -0.481 e. The maximum Gasteiger partial charge on any atom is 0.307 e. The van der Waals surface area contributed by atoms with Crippen molar-refractivity contribution in [2.75, 3.05) is 0 Å². The molecule has 7 nitrogen and oxygen atoms in total. The molecule has 4 N–H and O–H groups in total. The molecule has 1 fully saturated rings. The lowest BCUT2D eigenvalue weighted by Crippen LogP contribution is -2.50. The van der Waals surface area contributed by atoms with Gasteiger partial charge in [0.25, 0.3) is 5.91 Å². The van der Waals surface area contributed by atoms with Crippen molar-refractivity contribution in [2.24, 2.45) is 11.8 Å². The van der Waals surface area contributed by atoms with Gasteiger partial charge in [-0.3, -0.25) is 19.6 Å². The summed E-state index contributed by atoms with van der Waals surface area (Å²) < 4.78 is 0. The summed E-state index contributed by atoms with van der Waals surface area (Å²) in [6.45, 7) is 0. The Labute approximate surface area is 140 Å². The summed E-state index contributed by atoms with van der Waals surface area (Å²) in [4.78, 5) is 35.7. The lowest BCUT2D eigenvalue weighted by molar-refractivity contribution is -0.149. The fourth-order valence-electron chi connectivity index (χ4n) is 3.16. The first-order chi connectivity index (χ1) is 11.5. The number of amides is 2. The van der Waals surface area contributed by atoms with Crippen molar-refractivity contribution in [3.05, 3.63) is 35.9 Å². The first-order valence-corrected chi connectivity index (χ1v) is 8.04. The summed E-state index contributed by atoms with van der Waals surface area (Å²) in [7, 11) is 0. The number of carboxylic acids is 1. The summed E-state index contributed by atoms with van der Waals surface area (Å²) >= 11 is 0. The van der Waals surface area contributed by atoms with E-state index in [0.29, 0.717) is 12.8 Å². The Morgan fingerprint density at radius 2 is 1.71 bits per heavy atom. The molecule has 2 amide bonds. The van der Waals surface area contributed by atoms with Crippen LogP contribution in [0, 0.1) is 11.8 Å². The molecule has 0 bridgehead atoms. The average molecular weight is 334 g/mol. The number of rotatable bonds is 6. The Morgan fingerprint density at radius 1 is 1.08 bits per heavy atom. The SMILES string of the molecule is O=C(NO)C(Cc1ccccc1)NC(=O)[C@H]1CCCC[C@H]1C(=O)O. The highest BCUT2D eigenvalue weighted by molar-refractivity contribution is 5.90. The number of hydrogen-bond acceptors (Lipinski definition) is 4. The van der Waals surface area contributed by atoms with Crippen LogP contribution in [0.1, 0.15) is 31.2 Å². The molecule has 1 aliphatic carbocycles. The van der Waals surface area contributed by atoms with Gasteiger partial charge in [-0.15, -0.1) is 0 Å². The number of carboxylic acid groups (broad SMARTS) is 1. The largest absolute Gasteiger partial charge is 0.481 e. The van der Waals surface area contributed by atoms with Crippen molar-refractivity contribution in [2.45, 2.75) is 38.1 Å². The highest BCUT2D eigenvalue weighted by atomic mass is 16.5. The van der Waals surface area contributed by atoms with Crippen LogP contribution in [0.3, 0.4) is 0 Å². The molecule has 2 rings (SSSR count). The van der Waals surface area contributed by atoms with Crippen LogP contribution in [0.15, 0.2) is 30.3 Å². The van der Waals surface area contributed by atoms with E-state index in [0.717, 1.165) is 18.4 Å². The minimum absolute atomic E-state index is 0.212. The van der Waals surface area contributed by atoms with Gasteiger partial charge in [-0.25, -0.2) is 5.48 Å². The van der Waals surface area contributed by atoms with Crippen molar-refractivity contribution in [3.63, 3.8) is 0 Å². The van der Waals surface area contributed by atoms with Gasteiger partial charge in [0.1, 0.15) is 6.04 Å². The van der Waals surface area contributed by atoms with Gasteiger partial charge in [0.2, 0.25) is 5.91 Å². The van der Waals surface area contributed by atoms with Gasteiger partial charge in [-0.2, -0.15) is 0 Å². The third-order valence-electron chi connectivity index (χ3n) is 4.45. The van der Waals surface area contributed by atoms with Crippen molar-refractivity contribution < 1.29 is 24.7 Å². The molecule has 1 aliphatic rings. The fraction of sp³-hybridized carbons (Fsp3) is 0.471. The quantitative estimate of drug-likeness (QED) is 0.459. The van der Waals surface area contributed by atoms with Gasteiger partial charge in [-0.05, 0) is 18.4 Å². The van der Waals surface area contributed by atoms with E-state index < -0.39 is 35.7 Å². The molecular formula is C17H22N2O5. The number of benzene rings is 1. The smallest absolute Gasteiger partial charge is 0.307 e. The summed E-state index contributed by atoms with van der Waals surface area (Å²) in [5.74, 6) is -3.54. The molecule has 1 saturated carbocycles. The molecule has 0 aliphatic heterocycles. The maximum atomic E-state index is 12.5. The molecular weight excluding hydrogens is 312 g/mol. The van der Waals surface area contributed by atoms with Crippen LogP contribution in [0.2, 0.25) is 0 Å². The molecule has 130 valence electrons. The zero-order valence-electron chi connectivity index (χ0n) is 13.3. The highest BCUT2D eigenvalue weighted by Gasteiger charge is 2.37. The van der Waals surface area contributed by atoms with Crippen molar-refractivity contribution >= 4 is 17.8 Å². The standard InChI is InChI=1S/C17H22N2O5/c20-15(12-8-4-5-9-13(12)17(22)23)18-14(16(21)19-24)10-11-6-2-1-3-7-11/h1-3,6-7,12-14,24H,4-5,8-10H2,(H,18,20)(H,19,21)(H,22,23)/t12-,13+,14?/m0/s1. The molecule has 24 heavy (non-hydrogen) atoms. The number of nitrogens with one attached hydrogen (secondary N) is 2. The van der Waals surface area contributed by atoms with Crippen molar-refractivity contribution in [3.8, 4) is 0 Å². The van der Waals surface area contributed by atoms with E-state index in [1.165, 1.54) is 0 Å². The maximum absolute atomic E-state index is 12.5. The summed E-state index contributed by atoms with van der Waals surface area (Å²) in [5, 5.41) is 20.8. The second-order valence-corrected chi connectivity index (χ2v) is 6.06. The fourth-order valence-corrected chi connectivity index (χ4v) is 3.16. The van der Waals surface area contributed by atoms with Gasteiger partial charge in [-0.1, -0.05) is 43.2 Å². The predicted octanol–water partition coefficient (Wildman–Crippen LogP) is 1.11. The van der Waals surface area contributed by atoms with Gasteiger partial charge in [0, 0.05) is 6.42 Å². The zero-order chi connectivity index (χ0) is 17.5. The second kappa shape index (κ2) is 8.44. The van der Waals surface area contributed by atoms with E-state index in [9.17, 15) is 19.5 Å². The molecule has 1 unspecified atom stereocenters.